The molecule has 0 aromatic rings. The van der Waals surface area contributed by atoms with Crippen molar-refractivity contribution < 1.29 is 26.8 Å². The predicted octanol–water partition coefficient (Wildman–Crippen LogP) is 4.84. The molecule has 0 rings (SSSR count). The van der Waals surface area contributed by atoms with Gasteiger partial charge in [0.15, 0.2) is 5.78 Å². The van der Waals surface area contributed by atoms with Gasteiger partial charge >= 0.3 is 0 Å². The molecule has 0 aromatic carbocycles. The lowest BCUT2D eigenvalue weighted by Crippen LogP contribution is -3.00. The molecule has 0 aliphatic heterocycles. The highest BCUT2D eigenvalue weighted by Crippen LogP contribution is 2.15. The molecule has 0 heterocycles. The number of aliphatic hydroxyl groups is 1. The lowest BCUT2D eigenvalue weighted by molar-refractivity contribution is -0.882. The molecule has 194 valence electrons. The van der Waals surface area contributed by atoms with E-state index in [9.17, 15) is 4.79 Å². The van der Waals surface area contributed by atoms with Gasteiger partial charge < -0.3 is 22.0 Å². The summed E-state index contributed by atoms with van der Waals surface area (Å²) in [5.74, 6) is 0.384. The average molecular weight is 476 g/mol. The van der Waals surface area contributed by atoms with Crippen LogP contribution in [0.4, 0.5) is 0 Å². The van der Waals surface area contributed by atoms with Crippen molar-refractivity contribution >= 4 is 5.78 Å². The van der Waals surface area contributed by atoms with Gasteiger partial charge in [-0.3, -0.25) is 4.79 Å². The second-order valence-corrected chi connectivity index (χ2v) is 10.5. The molecule has 0 unspecified atom stereocenters. The van der Waals surface area contributed by atoms with Crippen LogP contribution in [0.25, 0.3) is 0 Å². The second kappa shape index (κ2) is 25.5. The maximum absolute atomic E-state index is 12.1. The van der Waals surface area contributed by atoms with E-state index in [2.05, 4.69) is 21.0 Å². The molecule has 0 aliphatic carbocycles. The molecule has 0 fully saturated rings. The van der Waals surface area contributed by atoms with Crippen molar-refractivity contribution in [1.29, 1.82) is 0 Å². The third-order valence-electron chi connectivity index (χ3n) is 6.59. The SMILES string of the molecule is CCCCCCCCCCCCCCCCCCCCCC(=O)C[N+](C)(C)CCCO.[Cl-]. The molecule has 0 spiro atoms. The van der Waals surface area contributed by atoms with Crippen LogP contribution in [-0.2, 0) is 4.79 Å². The Kier molecular flexibility index (Phi) is 27.1. The van der Waals surface area contributed by atoms with Gasteiger partial charge in [-0.05, 0) is 6.42 Å². The number of quaternary nitrogens is 1. The first kappa shape index (κ1) is 34.0. The first-order valence-corrected chi connectivity index (χ1v) is 14.0. The van der Waals surface area contributed by atoms with Crippen molar-refractivity contribution in [2.24, 2.45) is 0 Å². The standard InChI is InChI=1S/C28H58NO2.ClH/c1-4-5-6-7-8-9-10-11-12-13-14-15-16-17-18-19-20-21-22-24-28(31)27-29(2,3)25-23-26-30;/h30H,4-27H2,1-3H3;1H/q+1;/p-1. The highest BCUT2D eigenvalue weighted by atomic mass is 35.5. The number of hydrogen-bond donors (Lipinski definition) is 1. The van der Waals surface area contributed by atoms with E-state index in [1.54, 1.807) is 0 Å². The number of carbonyl (C=O) groups is 1. The van der Waals surface area contributed by atoms with Crippen LogP contribution in [-0.4, -0.2) is 49.2 Å². The maximum atomic E-state index is 12.1. The molecule has 0 saturated heterocycles. The monoisotopic (exact) mass is 475 g/mol. The summed E-state index contributed by atoms with van der Waals surface area (Å²) in [7, 11) is 4.17. The highest BCUT2D eigenvalue weighted by Gasteiger charge is 2.18. The molecule has 0 aliphatic rings. The van der Waals surface area contributed by atoms with Crippen molar-refractivity contribution in [3.8, 4) is 0 Å². The summed E-state index contributed by atoms with van der Waals surface area (Å²) in [5, 5.41) is 8.95. The van der Waals surface area contributed by atoms with E-state index >= 15 is 0 Å². The van der Waals surface area contributed by atoms with Crippen LogP contribution in [0.3, 0.4) is 0 Å². The van der Waals surface area contributed by atoms with Crippen LogP contribution in [0.1, 0.15) is 142 Å². The number of unbranched alkanes of at least 4 members (excludes halogenated alkanes) is 18. The number of rotatable bonds is 25. The topological polar surface area (TPSA) is 37.3 Å². The minimum Gasteiger partial charge on any atom is -1.00 e. The zero-order valence-electron chi connectivity index (χ0n) is 22.2. The van der Waals surface area contributed by atoms with Crippen molar-refractivity contribution in [2.75, 3.05) is 33.8 Å². The summed E-state index contributed by atoms with van der Waals surface area (Å²) >= 11 is 0. The van der Waals surface area contributed by atoms with Crippen molar-refractivity contribution in [2.45, 2.75) is 142 Å². The van der Waals surface area contributed by atoms with Gasteiger partial charge in [-0.2, -0.15) is 0 Å². The van der Waals surface area contributed by atoms with Crippen LogP contribution >= 0.6 is 0 Å². The number of Topliss-reactive ketones (excluding diaryl/α,β-unsaturated/α-hetero) is 1. The zero-order valence-corrected chi connectivity index (χ0v) is 22.9. The first-order chi connectivity index (χ1) is 15.0. The number of halogens is 1. The molecule has 0 amide bonds. The van der Waals surface area contributed by atoms with E-state index < -0.39 is 0 Å². The van der Waals surface area contributed by atoms with Crippen molar-refractivity contribution in [3.05, 3.63) is 0 Å². The molecule has 0 atom stereocenters. The first-order valence-electron chi connectivity index (χ1n) is 14.0. The zero-order chi connectivity index (χ0) is 23.0. The Labute approximate surface area is 208 Å². The number of ketones is 1. The van der Waals surface area contributed by atoms with E-state index in [0.717, 1.165) is 25.8 Å². The van der Waals surface area contributed by atoms with E-state index in [0.29, 0.717) is 16.8 Å². The Bertz CT molecular complexity index is 388. The fourth-order valence-electron chi connectivity index (χ4n) is 4.53. The fourth-order valence-corrected chi connectivity index (χ4v) is 4.53. The molecule has 4 heteroatoms. The predicted molar refractivity (Wildman–Crippen MR) is 137 cm³/mol. The summed E-state index contributed by atoms with van der Waals surface area (Å²) < 4.78 is 0.707. The molecular weight excluding hydrogens is 418 g/mol. The third-order valence-corrected chi connectivity index (χ3v) is 6.59. The summed E-state index contributed by atoms with van der Waals surface area (Å²) in [5.41, 5.74) is 0. The third kappa shape index (κ3) is 26.1. The summed E-state index contributed by atoms with van der Waals surface area (Å²) in [6.45, 7) is 3.99. The Morgan fingerprint density at radius 3 is 1.28 bits per heavy atom. The number of nitrogens with zero attached hydrogens (tertiary/aromatic N) is 1. The normalized spacial score (nSPS) is 11.5. The van der Waals surface area contributed by atoms with Crippen molar-refractivity contribution in [3.63, 3.8) is 0 Å². The summed E-state index contributed by atoms with van der Waals surface area (Å²) in [4.78, 5) is 12.1. The molecule has 1 N–H and O–H groups in total. The summed E-state index contributed by atoms with van der Waals surface area (Å²) in [6, 6.07) is 0. The van der Waals surface area contributed by atoms with Crippen LogP contribution in [0.5, 0.6) is 0 Å². The van der Waals surface area contributed by atoms with E-state index in [1.165, 1.54) is 116 Å². The molecule has 3 nitrogen and oxygen atoms in total. The Hall–Kier alpha value is -0.120. The Morgan fingerprint density at radius 1 is 0.594 bits per heavy atom. The van der Waals surface area contributed by atoms with Gasteiger partial charge in [0.25, 0.3) is 0 Å². The minimum absolute atomic E-state index is 0. The molecular formula is C28H58ClNO2. The minimum atomic E-state index is 0. The Balaban J connectivity index is 0. The Morgan fingerprint density at radius 2 is 0.938 bits per heavy atom. The lowest BCUT2D eigenvalue weighted by atomic mass is 10.0. The average Bonchev–Trinajstić information content (AvgIpc) is 2.73. The van der Waals surface area contributed by atoms with E-state index in [1.807, 2.05) is 0 Å². The molecule has 32 heavy (non-hydrogen) atoms. The largest absolute Gasteiger partial charge is 1.00 e. The van der Waals surface area contributed by atoms with E-state index in [-0.39, 0.29) is 19.0 Å². The maximum Gasteiger partial charge on any atom is 0.186 e. The van der Waals surface area contributed by atoms with Gasteiger partial charge in [-0.1, -0.05) is 122 Å². The van der Waals surface area contributed by atoms with Gasteiger partial charge in [0, 0.05) is 19.4 Å². The number of aliphatic hydroxyl groups excluding tert-OH is 1. The lowest BCUT2D eigenvalue weighted by Gasteiger charge is -2.28. The van der Waals surface area contributed by atoms with Crippen molar-refractivity contribution in [1.82, 2.24) is 0 Å². The quantitative estimate of drug-likeness (QED) is 0.151. The number of likely N-dealkylation sites (N-methyl/N-ethyl adjacent to an activating group) is 1. The van der Waals surface area contributed by atoms with E-state index in [4.69, 9.17) is 5.11 Å². The molecule has 0 saturated carbocycles. The number of hydrogen-bond acceptors (Lipinski definition) is 2. The molecule has 0 radical (unpaired) electrons. The van der Waals surface area contributed by atoms with Gasteiger partial charge in [-0.15, -0.1) is 0 Å². The smallest absolute Gasteiger partial charge is 0.186 e. The molecule has 0 aromatic heterocycles. The van der Waals surface area contributed by atoms with Crippen LogP contribution in [0.2, 0.25) is 0 Å². The van der Waals surface area contributed by atoms with Gasteiger partial charge in [0.2, 0.25) is 0 Å². The second-order valence-electron chi connectivity index (χ2n) is 10.5. The van der Waals surface area contributed by atoms with Gasteiger partial charge in [-0.25, -0.2) is 0 Å². The highest BCUT2D eigenvalue weighted by molar-refractivity contribution is 5.79. The fraction of sp³-hybridized carbons (Fsp3) is 0.964. The van der Waals surface area contributed by atoms with Gasteiger partial charge in [0.05, 0.1) is 20.6 Å². The molecule has 0 bridgehead atoms. The number of carbonyl (C=O) groups excluding carboxylic acids is 1. The summed E-state index contributed by atoms with van der Waals surface area (Å²) in [6.07, 6.45) is 27.8. The van der Waals surface area contributed by atoms with Crippen LogP contribution < -0.4 is 12.4 Å². The van der Waals surface area contributed by atoms with Crippen LogP contribution in [0.15, 0.2) is 0 Å². The van der Waals surface area contributed by atoms with Crippen LogP contribution in [0, 0.1) is 0 Å². The van der Waals surface area contributed by atoms with Gasteiger partial charge in [0.1, 0.15) is 6.54 Å².